The summed E-state index contributed by atoms with van der Waals surface area (Å²) in [6.45, 7) is 1.65. The van der Waals surface area contributed by atoms with Crippen LogP contribution in [-0.2, 0) is 16.1 Å². The molecule has 1 aromatic heterocycles. The van der Waals surface area contributed by atoms with E-state index in [2.05, 4.69) is 20.9 Å². The molecule has 0 bridgehead atoms. The van der Waals surface area contributed by atoms with Crippen molar-refractivity contribution in [3.63, 3.8) is 0 Å². The van der Waals surface area contributed by atoms with E-state index >= 15 is 0 Å². The monoisotopic (exact) mass is 341 g/mol. The van der Waals surface area contributed by atoms with Gasteiger partial charge >= 0.3 is 0 Å². The van der Waals surface area contributed by atoms with Gasteiger partial charge < -0.3 is 10.6 Å². The number of nitrogens with one attached hydrogen (secondary N) is 2. The van der Waals surface area contributed by atoms with Crippen LogP contribution in [0.5, 0.6) is 0 Å². The minimum absolute atomic E-state index is 0.0716. The van der Waals surface area contributed by atoms with Gasteiger partial charge in [0.05, 0.1) is 16.9 Å². The van der Waals surface area contributed by atoms with Crippen molar-refractivity contribution in [1.29, 1.82) is 0 Å². The van der Waals surface area contributed by atoms with Gasteiger partial charge in [0.15, 0.2) is 5.82 Å². The summed E-state index contributed by atoms with van der Waals surface area (Å²) in [6, 6.07) is 4.77. The number of hydrogen-bond donors (Lipinski definition) is 2. The van der Waals surface area contributed by atoms with Crippen molar-refractivity contribution < 1.29 is 9.59 Å². The van der Waals surface area contributed by atoms with E-state index in [0.29, 0.717) is 28.0 Å². The molecule has 22 heavy (non-hydrogen) atoms. The number of rotatable bonds is 5. The maximum atomic E-state index is 11.9. The molecule has 2 amide bonds. The molecule has 1 heterocycles. The summed E-state index contributed by atoms with van der Waals surface area (Å²) in [7, 11) is 0. The van der Waals surface area contributed by atoms with Crippen molar-refractivity contribution >= 4 is 46.5 Å². The van der Waals surface area contributed by atoms with Crippen LogP contribution in [-0.4, -0.2) is 26.8 Å². The van der Waals surface area contributed by atoms with E-state index in [1.807, 2.05) is 0 Å². The highest BCUT2D eigenvalue weighted by molar-refractivity contribution is 6.35. The maximum Gasteiger partial charge on any atom is 0.246 e. The number of aromatic nitrogens is 3. The lowest BCUT2D eigenvalue weighted by atomic mass is 10.3. The van der Waals surface area contributed by atoms with Crippen LogP contribution >= 0.6 is 23.2 Å². The molecule has 2 aromatic rings. The Bertz CT molecular complexity index is 701. The Labute approximate surface area is 136 Å². The zero-order valence-corrected chi connectivity index (χ0v) is 13.1. The minimum Gasteiger partial charge on any atom is -0.323 e. The predicted molar refractivity (Wildman–Crippen MR) is 84.0 cm³/mol. The molecule has 2 N–H and O–H groups in total. The second kappa shape index (κ2) is 7.24. The largest absolute Gasteiger partial charge is 0.323 e. The van der Waals surface area contributed by atoms with E-state index in [9.17, 15) is 9.59 Å². The van der Waals surface area contributed by atoms with Crippen molar-refractivity contribution in [2.24, 2.45) is 0 Å². The highest BCUT2D eigenvalue weighted by Gasteiger charge is 2.10. The molecule has 7 nitrogen and oxygen atoms in total. The summed E-state index contributed by atoms with van der Waals surface area (Å²) < 4.78 is 1.30. The summed E-state index contributed by atoms with van der Waals surface area (Å²) in [4.78, 5) is 23.2. The predicted octanol–water partition coefficient (Wildman–Crippen LogP) is 2.57. The Morgan fingerprint density at radius 1 is 1.23 bits per heavy atom. The minimum atomic E-state index is -0.345. The van der Waals surface area contributed by atoms with E-state index < -0.39 is 0 Å². The Balaban J connectivity index is 1.97. The molecule has 0 radical (unpaired) electrons. The Kier molecular flexibility index (Phi) is 5.35. The Hall–Kier alpha value is -2.12. The number of nitrogens with zero attached hydrogens (tertiary/aromatic N) is 3. The van der Waals surface area contributed by atoms with Gasteiger partial charge in [-0.2, -0.15) is 0 Å². The van der Waals surface area contributed by atoms with Crippen molar-refractivity contribution in [2.75, 3.05) is 10.6 Å². The molecule has 0 unspecified atom stereocenters. The first-order valence-electron chi connectivity index (χ1n) is 6.43. The smallest absolute Gasteiger partial charge is 0.246 e. The van der Waals surface area contributed by atoms with Crippen LogP contribution in [0, 0.1) is 0 Å². The number of benzene rings is 1. The van der Waals surface area contributed by atoms with Gasteiger partial charge in [0.2, 0.25) is 11.8 Å². The highest BCUT2D eigenvalue weighted by Crippen LogP contribution is 2.25. The fourth-order valence-corrected chi connectivity index (χ4v) is 1.93. The molecule has 0 aliphatic heterocycles. The SMILES string of the molecule is CCC(=O)Nc1cn(CC(=O)Nc2cc(Cl)ccc2Cl)nn1. The average molecular weight is 342 g/mol. The second-order valence-electron chi connectivity index (χ2n) is 4.38. The van der Waals surface area contributed by atoms with Crippen LogP contribution in [0.2, 0.25) is 10.0 Å². The molecule has 0 aliphatic carbocycles. The van der Waals surface area contributed by atoms with Crippen LogP contribution in [0.15, 0.2) is 24.4 Å². The van der Waals surface area contributed by atoms with Crippen LogP contribution in [0.25, 0.3) is 0 Å². The van der Waals surface area contributed by atoms with E-state index in [1.165, 1.54) is 10.9 Å². The first kappa shape index (κ1) is 16.3. The number of hydrogen-bond acceptors (Lipinski definition) is 4. The lowest BCUT2D eigenvalue weighted by Crippen LogP contribution is -2.19. The van der Waals surface area contributed by atoms with Gasteiger partial charge in [-0.3, -0.25) is 9.59 Å². The highest BCUT2D eigenvalue weighted by atomic mass is 35.5. The first-order chi connectivity index (χ1) is 10.5. The van der Waals surface area contributed by atoms with Gasteiger partial charge in [-0.15, -0.1) is 5.10 Å². The number of halogens is 2. The number of carbonyl (C=O) groups is 2. The standard InChI is InChI=1S/C13H13Cl2N5O2/c1-2-12(21)17-11-6-20(19-18-11)7-13(22)16-10-5-8(14)3-4-9(10)15/h3-6H,2,7H2,1H3,(H,16,22)(H,17,21). The molecular weight excluding hydrogens is 329 g/mol. The summed E-state index contributed by atoms with van der Waals surface area (Å²) in [6.07, 6.45) is 1.80. The average Bonchev–Trinajstić information content (AvgIpc) is 2.89. The molecule has 116 valence electrons. The summed E-state index contributed by atoms with van der Waals surface area (Å²) in [5, 5.41) is 13.5. The Morgan fingerprint density at radius 2 is 2.00 bits per heavy atom. The van der Waals surface area contributed by atoms with Gasteiger partial charge in [0.1, 0.15) is 6.54 Å². The van der Waals surface area contributed by atoms with Crippen LogP contribution in [0.1, 0.15) is 13.3 Å². The van der Waals surface area contributed by atoms with Crippen molar-refractivity contribution in [3.05, 3.63) is 34.4 Å². The number of amides is 2. The molecule has 1 aromatic carbocycles. The van der Waals surface area contributed by atoms with Gasteiger partial charge in [-0.05, 0) is 18.2 Å². The molecule has 0 aliphatic rings. The normalized spacial score (nSPS) is 10.3. The van der Waals surface area contributed by atoms with Gasteiger partial charge in [0, 0.05) is 11.4 Å². The van der Waals surface area contributed by atoms with E-state index in [4.69, 9.17) is 23.2 Å². The Morgan fingerprint density at radius 3 is 2.73 bits per heavy atom. The molecule has 0 atom stereocenters. The van der Waals surface area contributed by atoms with E-state index in [-0.39, 0.29) is 18.4 Å². The van der Waals surface area contributed by atoms with Crippen LogP contribution in [0.3, 0.4) is 0 Å². The fourth-order valence-electron chi connectivity index (χ4n) is 1.59. The molecule has 9 heteroatoms. The third kappa shape index (κ3) is 4.44. The molecule has 0 fully saturated rings. The molecule has 0 saturated heterocycles. The topological polar surface area (TPSA) is 88.9 Å². The van der Waals surface area contributed by atoms with Crippen molar-refractivity contribution in [3.8, 4) is 0 Å². The van der Waals surface area contributed by atoms with Gasteiger partial charge in [0.25, 0.3) is 0 Å². The third-order valence-electron chi connectivity index (χ3n) is 2.64. The van der Waals surface area contributed by atoms with E-state index in [1.54, 1.807) is 25.1 Å². The molecule has 2 rings (SSSR count). The van der Waals surface area contributed by atoms with Gasteiger partial charge in [-0.25, -0.2) is 4.68 Å². The quantitative estimate of drug-likeness (QED) is 0.874. The molecular formula is C13H13Cl2N5O2. The second-order valence-corrected chi connectivity index (χ2v) is 5.22. The molecule has 0 saturated carbocycles. The zero-order chi connectivity index (χ0) is 16.1. The van der Waals surface area contributed by atoms with E-state index in [0.717, 1.165) is 0 Å². The first-order valence-corrected chi connectivity index (χ1v) is 7.18. The zero-order valence-electron chi connectivity index (χ0n) is 11.6. The molecule has 0 spiro atoms. The van der Waals surface area contributed by atoms with Crippen LogP contribution < -0.4 is 10.6 Å². The lowest BCUT2D eigenvalue weighted by molar-refractivity contribution is -0.117. The number of carbonyl (C=O) groups excluding carboxylic acids is 2. The van der Waals surface area contributed by atoms with Crippen LogP contribution in [0.4, 0.5) is 11.5 Å². The maximum absolute atomic E-state index is 11.9. The van der Waals surface area contributed by atoms with Gasteiger partial charge in [-0.1, -0.05) is 35.3 Å². The third-order valence-corrected chi connectivity index (χ3v) is 3.20. The fraction of sp³-hybridized carbons (Fsp3) is 0.231. The lowest BCUT2D eigenvalue weighted by Gasteiger charge is -2.07. The van der Waals surface area contributed by atoms with Crippen molar-refractivity contribution in [1.82, 2.24) is 15.0 Å². The summed E-state index contributed by atoms with van der Waals surface area (Å²) in [5.41, 5.74) is 0.416. The number of anilines is 2. The van der Waals surface area contributed by atoms with Crippen molar-refractivity contribution in [2.45, 2.75) is 19.9 Å². The summed E-state index contributed by atoms with van der Waals surface area (Å²) >= 11 is 11.8. The summed E-state index contributed by atoms with van der Waals surface area (Å²) in [5.74, 6) is -0.231.